The molecule has 0 amide bonds. The Balaban J connectivity index is 2.13. The quantitative estimate of drug-likeness (QED) is 0.298. The number of hydrogen-bond donors (Lipinski definition) is 0. The zero-order valence-corrected chi connectivity index (χ0v) is 12.6. The molecule has 0 N–H and O–H groups in total. The predicted molar refractivity (Wildman–Crippen MR) is 89.2 cm³/mol. The van der Waals surface area contributed by atoms with Gasteiger partial charge in [0, 0.05) is 10.8 Å². The van der Waals surface area contributed by atoms with Crippen LogP contribution in [0.25, 0.3) is 32.5 Å². The standard InChI is InChI=1S/C18H13NO4/c1-10-5-12-8-13-11(7-14(12)17(6-10)22-2)3-4-16-15(13)9-18(23-16)19(20)21/h3-9H,1-2H3. The second-order valence-electron chi connectivity index (χ2n) is 5.58. The van der Waals surface area contributed by atoms with Gasteiger partial charge in [-0.25, -0.2) is 0 Å². The lowest BCUT2D eigenvalue weighted by molar-refractivity contribution is -0.401. The number of nitrogens with zero attached hydrogens (tertiary/aromatic N) is 1. The molecule has 0 aliphatic carbocycles. The molecule has 114 valence electrons. The number of rotatable bonds is 2. The van der Waals surface area contributed by atoms with Crippen LogP contribution < -0.4 is 4.74 Å². The van der Waals surface area contributed by atoms with E-state index < -0.39 is 4.92 Å². The molecule has 0 saturated carbocycles. The van der Waals surface area contributed by atoms with E-state index in [0.717, 1.165) is 38.2 Å². The van der Waals surface area contributed by atoms with Crippen LogP contribution in [0.15, 0.2) is 46.9 Å². The lowest BCUT2D eigenvalue weighted by Crippen LogP contribution is -1.87. The molecule has 0 radical (unpaired) electrons. The lowest BCUT2D eigenvalue weighted by Gasteiger charge is -2.09. The molecule has 5 nitrogen and oxygen atoms in total. The van der Waals surface area contributed by atoms with E-state index in [-0.39, 0.29) is 5.88 Å². The SMILES string of the molecule is COc1cc(C)cc2cc3c(ccc4oc([N+](=O)[O-])cc43)cc12. The summed E-state index contributed by atoms with van der Waals surface area (Å²) in [6.45, 7) is 2.01. The Kier molecular flexibility index (Phi) is 2.78. The van der Waals surface area contributed by atoms with E-state index in [1.165, 1.54) is 6.07 Å². The maximum absolute atomic E-state index is 10.9. The van der Waals surface area contributed by atoms with Crippen molar-refractivity contribution in [3.63, 3.8) is 0 Å². The molecule has 0 aliphatic rings. The molecule has 0 fully saturated rings. The van der Waals surface area contributed by atoms with Gasteiger partial charge in [-0.15, -0.1) is 0 Å². The van der Waals surface area contributed by atoms with Gasteiger partial charge < -0.3 is 9.15 Å². The fourth-order valence-corrected chi connectivity index (χ4v) is 3.06. The summed E-state index contributed by atoms with van der Waals surface area (Å²) in [6.07, 6.45) is 0. The third-order valence-electron chi connectivity index (χ3n) is 4.08. The van der Waals surface area contributed by atoms with Crippen molar-refractivity contribution >= 4 is 38.4 Å². The maximum Gasteiger partial charge on any atom is 0.434 e. The van der Waals surface area contributed by atoms with E-state index in [4.69, 9.17) is 9.15 Å². The molecule has 0 unspecified atom stereocenters. The van der Waals surface area contributed by atoms with Crippen LogP contribution in [0.5, 0.6) is 5.75 Å². The fraction of sp³-hybridized carbons (Fsp3) is 0.111. The molecule has 0 atom stereocenters. The van der Waals surface area contributed by atoms with E-state index >= 15 is 0 Å². The zero-order valence-electron chi connectivity index (χ0n) is 12.6. The topological polar surface area (TPSA) is 65.5 Å². The van der Waals surface area contributed by atoms with Crippen LogP contribution in [0.2, 0.25) is 0 Å². The Bertz CT molecular complexity index is 1090. The Morgan fingerprint density at radius 2 is 1.78 bits per heavy atom. The number of methoxy groups -OCH3 is 1. The Hall–Kier alpha value is -3.08. The Morgan fingerprint density at radius 3 is 2.52 bits per heavy atom. The highest BCUT2D eigenvalue weighted by molar-refractivity contribution is 6.12. The second kappa shape index (κ2) is 4.71. The first kappa shape index (κ1) is 13.6. The average Bonchev–Trinajstić information content (AvgIpc) is 2.97. The molecule has 4 rings (SSSR count). The molecule has 5 heteroatoms. The average molecular weight is 307 g/mol. The molecule has 4 aromatic rings. The van der Waals surface area contributed by atoms with Crippen molar-refractivity contribution in [1.29, 1.82) is 0 Å². The number of ether oxygens (including phenoxy) is 1. The van der Waals surface area contributed by atoms with Crippen LogP contribution in [0, 0.1) is 17.0 Å². The first-order valence-corrected chi connectivity index (χ1v) is 7.16. The Labute approximate surface area is 131 Å². The van der Waals surface area contributed by atoms with Crippen molar-refractivity contribution < 1.29 is 14.1 Å². The van der Waals surface area contributed by atoms with Gasteiger partial charge in [0.1, 0.15) is 16.3 Å². The van der Waals surface area contributed by atoms with Gasteiger partial charge >= 0.3 is 5.88 Å². The summed E-state index contributed by atoms with van der Waals surface area (Å²) in [5.74, 6) is 0.578. The van der Waals surface area contributed by atoms with Gasteiger partial charge in [-0.3, -0.25) is 10.1 Å². The third-order valence-corrected chi connectivity index (χ3v) is 4.08. The second-order valence-corrected chi connectivity index (χ2v) is 5.58. The minimum Gasteiger partial charge on any atom is -0.496 e. The highest BCUT2D eigenvalue weighted by Gasteiger charge is 2.16. The van der Waals surface area contributed by atoms with Crippen molar-refractivity contribution in [1.82, 2.24) is 0 Å². The van der Waals surface area contributed by atoms with Gasteiger partial charge in [0.05, 0.1) is 13.2 Å². The third kappa shape index (κ3) is 2.01. The summed E-state index contributed by atoms with van der Waals surface area (Å²) in [5, 5.41) is 15.7. The molecule has 1 aromatic heterocycles. The van der Waals surface area contributed by atoms with E-state index in [1.807, 2.05) is 31.2 Å². The minimum absolute atomic E-state index is 0.241. The normalized spacial score (nSPS) is 11.4. The molecule has 0 aliphatic heterocycles. The summed E-state index contributed by atoms with van der Waals surface area (Å²) < 4.78 is 10.8. The molecule has 0 spiro atoms. The molecule has 23 heavy (non-hydrogen) atoms. The van der Waals surface area contributed by atoms with Gasteiger partial charge in [0.25, 0.3) is 0 Å². The minimum atomic E-state index is -0.514. The van der Waals surface area contributed by atoms with Gasteiger partial charge in [-0.1, -0.05) is 12.1 Å². The van der Waals surface area contributed by atoms with Crippen LogP contribution in [0.3, 0.4) is 0 Å². The lowest BCUT2D eigenvalue weighted by atomic mass is 9.99. The number of nitro groups is 1. The van der Waals surface area contributed by atoms with Crippen LogP contribution in [0.4, 0.5) is 5.88 Å². The largest absolute Gasteiger partial charge is 0.496 e. The number of benzene rings is 3. The number of aryl methyl sites for hydroxylation is 1. The highest BCUT2D eigenvalue weighted by Crippen LogP contribution is 2.36. The summed E-state index contributed by atoms with van der Waals surface area (Å²) in [5.41, 5.74) is 1.61. The molecule has 3 aromatic carbocycles. The molecular formula is C18H13NO4. The monoisotopic (exact) mass is 307 g/mol. The molecule has 0 bridgehead atoms. The molecular weight excluding hydrogens is 294 g/mol. The van der Waals surface area contributed by atoms with Gasteiger partial charge in [0.15, 0.2) is 0 Å². The van der Waals surface area contributed by atoms with Crippen LogP contribution >= 0.6 is 0 Å². The number of fused-ring (bicyclic) bond motifs is 4. The van der Waals surface area contributed by atoms with E-state index in [0.29, 0.717) is 5.58 Å². The van der Waals surface area contributed by atoms with Crippen molar-refractivity contribution in [3.05, 3.63) is 58.1 Å². The maximum atomic E-state index is 10.9. The van der Waals surface area contributed by atoms with Crippen LogP contribution in [-0.2, 0) is 0 Å². The van der Waals surface area contributed by atoms with Gasteiger partial charge in [0.2, 0.25) is 0 Å². The van der Waals surface area contributed by atoms with E-state index in [9.17, 15) is 10.1 Å². The number of furan rings is 1. The van der Waals surface area contributed by atoms with Crippen LogP contribution in [0.1, 0.15) is 5.56 Å². The fourth-order valence-electron chi connectivity index (χ4n) is 3.06. The highest BCUT2D eigenvalue weighted by atomic mass is 16.6. The van der Waals surface area contributed by atoms with E-state index in [1.54, 1.807) is 13.2 Å². The summed E-state index contributed by atoms with van der Waals surface area (Å²) >= 11 is 0. The van der Waals surface area contributed by atoms with Crippen molar-refractivity contribution in [2.45, 2.75) is 6.92 Å². The molecule has 0 saturated heterocycles. The smallest absolute Gasteiger partial charge is 0.434 e. The Morgan fingerprint density at radius 1 is 1.00 bits per heavy atom. The summed E-state index contributed by atoms with van der Waals surface area (Å²) in [7, 11) is 1.65. The summed E-state index contributed by atoms with van der Waals surface area (Å²) in [6, 6.07) is 13.3. The van der Waals surface area contributed by atoms with Gasteiger partial charge in [-0.05, 0) is 52.9 Å². The predicted octanol–water partition coefficient (Wildman–Crippen LogP) is 4.96. The summed E-state index contributed by atoms with van der Waals surface area (Å²) in [4.78, 5) is 10.4. The first-order valence-electron chi connectivity index (χ1n) is 7.16. The van der Waals surface area contributed by atoms with Crippen molar-refractivity contribution in [2.75, 3.05) is 7.11 Å². The zero-order chi connectivity index (χ0) is 16.1. The van der Waals surface area contributed by atoms with Crippen LogP contribution in [-0.4, -0.2) is 12.0 Å². The number of hydrogen-bond acceptors (Lipinski definition) is 4. The molecule has 1 heterocycles. The van der Waals surface area contributed by atoms with Crippen molar-refractivity contribution in [2.24, 2.45) is 0 Å². The van der Waals surface area contributed by atoms with Gasteiger partial charge in [-0.2, -0.15) is 0 Å². The van der Waals surface area contributed by atoms with E-state index in [2.05, 4.69) is 6.07 Å². The van der Waals surface area contributed by atoms with Crippen molar-refractivity contribution in [3.8, 4) is 5.75 Å². The first-order chi connectivity index (χ1) is 11.1.